The average molecular weight is 291 g/mol. The zero-order valence-electron chi connectivity index (χ0n) is 12.3. The molecule has 1 heterocycles. The molecule has 0 aromatic rings. The summed E-state index contributed by atoms with van der Waals surface area (Å²) >= 11 is 0. The van der Waals surface area contributed by atoms with E-state index in [1.807, 2.05) is 4.90 Å². The second-order valence-electron chi connectivity index (χ2n) is 6.09. The molecule has 19 heavy (non-hydrogen) atoms. The number of carbonyl (C=O) groups excluding carboxylic acids is 1. The lowest BCUT2D eigenvalue weighted by atomic mass is 9.98. The Morgan fingerprint density at radius 2 is 2.00 bits per heavy atom. The maximum Gasteiger partial charge on any atom is 0.309 e. The molecule has 112 valence electrons. The maximum absolute atomic E-state index is 12.0. The SMILES string of the molecule is COC(=O)C1CCCN(CCS(=O)(=O)C(C)(C)C)C1. The van der Waals surface area contributed by atoms with Crippen LogP contribution < -0.4 is 0 Å². The zero-order chi connectivity index (χ0) is 14.7. The Labute approximate surface area is 116 Å². The minimum atomic E-state index is -3.10. The summed E-state index contributed by atoms with van der Waals surface area (Å²) in [6, 6.07) is 0. The van der Waals surface area contributed by atoms with E-state index in [0.29, 0.717) is 13.1 Å². The van der Waals surface area contributed by atoms with Gasteiger partial charge in [-0.05, 0) is 40.2 Å². The lowest BCUT2D eigenvalue weighted by Gasteiger charge is -2.31. The molecular weight excluding hydrogens is 266 g/mol. The quantitative estimate of drug-likeness (QED) is 0.725. The van der Waals surface area contributed by atoms with Crippen LogP contribution in [0, 0.1) is 5.92 Å². The molecule has 1 aliphatic rings. The molecule has 5 nitrogen and oxygen atoms in total. The van der Waals surface area contributed by atoms with E-state index in [0.717, 1.165) is 19.4 Å². The number of hydrogen-bond acceptors (Lipinski definition) is 5. The van der Waals surface area contributed by atoms with Gasteiger partial charge >= 0.3 is 5.97 Å². The first kappa shape index (κ1) is 16.4. The summed E-state index contributed by atoms with van der Waals surface area (Å²) in [5.74, 6) is -0.163. The highest BCUT2D eigenvalue weighted by atomic mass is 32.2. The molecular formula is C13H25NO4S. The molecule has 1 rings (SSSR count). The van der Waals surface area contributed by atoms with Crippen LogP contribution in [0.25, 0.3) is 0 Å². The Morgan fingerprint density at radius 3 is 2.53 bits per heavy atom. The second kappa shape index (κ2) is 6.22. The van der Waals surface area contributed by atoms with Crippen molar-refractivity contribution in [1.82, 2.24) is 4.90 Å². The summed E-state index contributed by atoms with van der Waals surface area (Å²) in [5, 5.41) is 0. The fourth-order valence-corrected chi connectivity index (χ4v) is 3.28. The van der Waals surface area contributed by atoms with Crippen LogP contribution in [0.1, 0.15) is 33.6 Å². The van der Waals surface area contributed by atoms with Crippen LogP contribution >= 0.6 is 0 Å². The number of ether oxygens (including phenoxy) is 1. The van der Waals surface area contributed by atoms with Crippen LogP contribution in [-0.4, -0.2) is 56.5 Å². The third-order valence-corrected chi connectivity index (χ3v) is 6.24. The van der Waals surface area contributed by atoms with Crippen molar-refractivity contribution in [2.24, 2.45) is 5.92 Å². The third kappa shape index (κ3) is 4.45. The minimum Gasteiger partial charge on any atom is -0.469 e. The van der Waals surface area contributed by atoms with E-state index in [4.69, 9.17) is 4.74 Å². The molecule has 0 aromatic carbocycles. The molecule has 0 aromatic heterocycles. The lowest BCUT2D eigenvalue weighted by Crippen LogP contribution is -2.43. The van der Waals surface area contributed by atoms with Crippen molar-refractivity contribution in [1.29, 1.82) is 0 Å². The number of methoxy groups -OCH3 is 1. The number of nitrogens with zero attached hydrogens (tertiary/aromatic N) is 1. The van der Waals surface area contributed by atoms with E-state index >= 15 is 0 Å². The van der Waals surface area contributed by atoms with Gasteiger partial charge in [0.2, 0.25) is 0 Å². The molecule has 0 spiro atoms. The summed E-state index contributed by atoms with van der Waals surface area (Å²) in [6.07, 6.45) is 1.74. The topological polar surface area (TPSA) is 63.7 Å². The van der Waals surface area contributed by atoms with Crippen molar-refractivity contribution in [3.05, 3.63) is 0 Å². The maximum atomic E-state index is 12.0. The predicted octanol–water partition coefficient (Wildman–Crippen LogP) is 1.08. The van der Waals surface area contributed by atoms with Crippen LogP contribution in [0.3, 0.4) is 0 Å². The Kier molecular flexibility index (Phi) is 5.38. The Morgan fingerprint density at radius 1 is 1.37 bits per heavy atom. The molecule has 0 bridgehead atoms. The summed E-state index contributed by atoms with van der Waals surface area (Å²) in [7, 11) is -1.70. The first-order valence-corrected chi connectivity index (χ1v) is 8.35. The van der Waals surface area contributed by atoms with Gasteiger partial charge in [0.15, 0.2) is 9.84 Å². The normalized spacial score (nSPS) is 22.2. The van der Waals surface area contributed by atoms with Crippen molar-refractivity contribution < 1.29 is 17.9 Å². The molecule has 0 radical (unpaired) electrons. The van der Waals surface area contributed by atoms with Crippen molar-refractivity contribution >= 4 is 15.8 Å². The fraction of sp³-hybridized carbons (Fsp3) is 0.923. The third-order valence-electron chi connectivity index (χ3n) is 3.65. The van der Waals surface area contributed by atoms with E-state index in [2.05, 4.69) is 0 Å². The number of sulfone groups is 1. The number of piperidine rings is 1. The van der Waals surface area contributed by atoms with Gasteiger partial charge in [-0.15, -0.1) is 0 Å². The highest BCUT2D eigenvalue weighted by Gasteiger charge is 2.31. The second-order valence-corrected chi connectivity index (χ2v) is 8.96. The standard InChI is InChI=1S/C13H25NO4S/c1-13(2,3)19(16,17)9-8-14-7-5-6-11(10-14)12(15)18-4/h11H,5-10H2,1-4H3. The molecule has 1 aliphatic heterocycles. The highest BCUT2D eigenvalue weighted by molar-refractivity contribution is 7.92. The number of rotatable bonds is 4. The summed E-state index contributed by atoms with van der Waals surface area (Å²) in [6.45, 7) is 7.11. The number of hydrogen-bond donors (Lipinski definition) is 0. The van der Waals surface area contributed by atoms with Gasteiger partial charge in [0.1, 0.15) is 0 Å². The zero-order valence-corrected chi connectivity index (χ0v) is 13.1. The Balaban J connectivity index is 2.53. The van der Waals surface area contributed by atoms with Gasteiger partial charge in [0.25, 0.3) is 0 Å². The van der Waals surface area contributed by atoms with Crippen LogP contribution in [-0.2, 0) is 19.4 Å². The van der Waals surface area contributed by atoms with Gasteiger partial charge in [-0.1, -0.05) is 0 Å². The fourth-order valence-electron chi connectivity index (χ4n) is 2.17. The first-order valence-electron chi connectivity index (χ1n) is 6.70. The Bertz CT molecular complexity index is 411. The van der Waals surface area contributed by atoms with Gasteiger partial charge in [0.05, 0.1) is 23.5 Å². The van der Waals surface area contributed by atoms with Gasteiger partial charge in [-0.25, -0.2) is 8.42 Å². The molecule has 1 saturated heterocycles. The van der Waals surface area contributed by atoms with Crippen LogP contribution in [0.4, 0.5) is 0 Å². The molecule has 0 amide bonds. The first-order chi connectivity index (χ1) is 8.67. The average Bonchev–Trinajstić information content (AvgIpc) is 2.34. The predicted molar refractivity (Wildman–Crippen MR) is 74.7 cm³/mol. The molecule has 1 atom stereocenters. The van der Waals surface area contributed by atoms with Crippen molar-refractivity contribution in [2.45, 2.75) is 38.4 Å². The summed E-state index contributed by atoms with van der Waals surface area (Å²) < 4.78 is 28.1. The largest absolute Gasteiger partial charge is 0.469 e. The van der Waals surface area contributed by atoms with Gasteiger partial charge in [-0.2, -0.15) is 0 Å². The van der Waals surface area contributed by atoms with Crippen molar-refractivity contribution in [3.8, 4) is 0 Å². The van der Waals surface area contributed by atoms with Crippen molar-refractivity contribution in [2.75, 3.05) is 32.5 Å². The van der Waals surface area contributed by atoms with Crippen LogP contribution in [0.2, 0.25) is 0 Å². The lowest BCUT2D eigenvalue weighted by molar-refractivity contribution is -0.147. The van der Waals surface area contributed by atoms with Gasteiger partial charge in [-0.3, -0.25) is 4.79 Å². The number of esters is 1. The number of carbonyl (C=O) groups is 1. The van der Waals surface area contributed by atoms with Crippen LogP contribution in [0.5, 0.6) is 0 Å². The van der Waals surface area contributed by atoms with Gasteiger partial charge < -0.3 is 9.64 Å². The van der Waals surface area contributed by atoms with Crippen LogP contribution in [0.15, 0.2) is 0 Å². The smallest absolute Gasteiger partial charge is 0.309 e. The van der Waals surface area contributed by atoms with E-state index in [-0.39, 0.29) is 17.6 Å². The summed E-state index contributed by atoms with van der Waals surface area (Å²) in [4.78, 5) is 13.6. The minimum absolute atomic E-state index is 0.115. The van der Waals surface area contributed by atoms with E-state index in [1.54, 1.807) is 20.8 Å². The molecule has 1 fully saturated rings. The molecule has 1 unspecified atom stereocenters. The van der Waals surface area contributed by atoms with E-state index < -0.39 is 14.6 Å². The summed E-state index contributed by atoms with van der Waals surface area (Å²) in [5.41, 5.74) is 0. The molecule has 0 aliphatic carbocycles. The van der Waals surface area contributed by atoms with E-state index in [9.17, 15) is 13.2 Å². The highest BCUT2D eigenvalue weighted by Crippen LogP contribution is 2.20. The molecule has 0 N–H and O–H groups in total. The number of likely N-dealkylation sites (tertiary alicyclic amines) is 1. The monoisotopic (exact) mass is 291 g/mol. The molecule has 0 saturated carbocycles. The van der Waals surface area contributed by atoms with Gasteiger partial charge in [0, 0.05) is 13.1 Å². The Hall–Kier alpha value is -0.620. The van der Waals surface area contributed by atoms with E-state index in [1.165, 1.54) is 7.11 Å². The molecule has 6 heteroatoms. The van der Waals surface area contributed by atoms with Crippen molar-refractivity contribution in [3.63, 3.8) is 0 Å².